The standard InChI is InChI=1S/C41H68N14O11/c1-23(56)29(21-24-9-3-2-4-10-24)52-37(63)27(14-16-32(43)57)50-39(65)30(22-33(44)58)53-36(62)26(11-5-6-18-42)51-40(66)31-13-8-20-55(31)54-28(12-7-19-48-41(46)47)38(64)49-25(35(45)61)15-17-34(59)60/h2-4,9-10,25-31,41,48,54H,5-8,11-22,42,46-47H2,1H3,(H2,43,57)(H2,44,58)(H2,45,61)(H,49,64)(H,50,65)(H,51,66)(H,52,63)(H,53,62)(H,59,60)/t25-,26-,27-,28-,29-,30-,31-/m0/s1. The first-order valence-electron chi connectivity index (χ1n) is 21.8. The van der Waals surface area contributed by atoms with Crippen molar-refractivity contribution in [3.8, 4) is 0 Å². The van der Waals surface area contributed by atoms with Crippen LogP contribution in [-0.4, -0.2) is 137 Å². The van der Waals surface area contributed by atoms with E-state index in [9.17, 15) is 47.9 Å². The lowest BCUT2D eigenvalue weighted by Gasteiger charge is -2.31. The number of hydrogen-bond acceptors (Lipinski definition) is 16. The fraction of sp³-hybridized carbons (Fsp3) is 0.610. The van der Waals surface area contributed by atoms with E-state index < -0.39 is 115 Å². The minimum Gasteiger partial charge on any atom is -0.481 e. The van der Waals surface area contributed by atoms with E-state index in [1.165, 1.54) is 11.9 Å². The number of rotatable bonds is 33. The highest BCUT2D eigenvalue weighted by Gasteiger charge is 2.37. The maximum atomic E-state index is 14.0. The third-order valence-electron chi connectivity index (χ3n) is 10.6. The zero-order chi connectivity index (χ0) is 49.3. The van der Waals surface area contributed by atoms with Crippen molar-refractivity contribution in [1.82, 2.24) is 42.3 Å². The SMILES string of the molecule is CC(=O)[C@H](Cc1ccccc1)NC(=O)[C@H](CCC(N)=O)NC(=O)[C@H](CC(N)=O)NC(=O)[C@H](CCCCN)NC(=O)[C@@H]1CCCN1N[C@@H](CCCNC(N)N)C(=O)N[C@@H](CCC(=O)O)C(N)=O. The van der Waals surface area contributed by atoms with E-state index in [0.717, 1.165) is 5.56 Å². The van der Waals surface area contributed by atoms with Crippen molar-refractivity contribution in [1.29, 1.82) is 0 Å². The van der Waals surface area contributed by atoms with E-state index in [-0.39, 0.29) is 70.4 Å². The van der Waals surface area contributed by atoms with Crippen LogP contribution in [-0.2, 0) is 54.4 Å². The molecule has 0 radical (unpaired) electrons. The molecule has 1 aliphatic rings. The van der Waals surface area contributed by atoms with Crippen LogP contribution in [0.4, 0.5) is 0 Å². The highest BCUT2D eigenvalue weighted by molar-refractivity contribution is 5.98. The normalized spacial score (nSPS) is 16.4. The zero-order valence-electron chi connectivity index (χ0n) is 37.3. The van der Waals surface area contributed by atoms with Crippen LogP contribution in [0, 0.1) is 0 Å². The number of aliphatic carboxylic acids is 1. The number of carboxylic acid groups (broad SMARTS) is 1. The van der Waals surface area contributed by atoms with Gasteiger partial charge in [-0.1, -0.05) is 30.3 Å². The van der Waals surface area contributed by atoms with E-state index in [2.05, 4.69) is 37.3 Å². The number of carbonyl (C=O) groups is 10. The maximum absolute atomic E-state index is 14.0. The van der Waals surface area contributed by atoms with E-state index in [0.29, 0.717) is 25.7 Å². The van der Waals surface area contributed by atoms with E-state index in [1.54, 1.807) is 30.3 Å². The number of hydrazine groups is 1. The molecule has 0 saturated carbocycles. The number of nitrogens with one attached hydrogen (secondary N) is 7. The van der Waals surface area contributed by atoms with Crippen molar-refractivity contribution in [3.63, 3.8) is 0 Å². The number of unbranched alkanes of at least 4 members (excludes halogenated alkanes) is 1. The third-order valence-corrected chi connectivity index (χ3v) is 10.6. The Balaban J connectivity index is 2.31. The van der Waals surface area contributed by atoms with Gasteiger partial charge in [0.25, 0.3) is 0 Å². The molecule has 1 aliphatic heterocycles. The summed E-state index contributed by atoms with van der Waals surface area (Å²) in [7, 11) is 0. The van der Waals surface area contributed by atoms with Crippen LogP contribution in [0.1, 0.15) is 89.5 Å². The summed E-state index contributed by atoms with van der Waals surface area (Å²) in [6.45, 7) is 2.08. The second-order valence-electron chi connectivity index (χ2n) is 16.1. The number of carbonyl (C=O) groups excluding carboxylic acids is 9. The Labute approximate surface area is 382 Å². The highest BCUT2D eigenvalue weighted by Crippen LogP contribution is 2.18. The van der Waals surface area contributed by atoms with Crippen LogP contribution in [0.25, 0.3) is 0 Å². The maximum Gasteiger partial charge on any atom is 0.303 e. The van der Waals surface area contributed by atoms with Gasteiger partial charge in [-0.25, -0.2) is 10.4 Å². The quantitative estimate of drug-likeness (QED) is 0.0231. The minimum absolute atomic E-state index is 0.0312. The first-order valence-corrected chi connectivity index (χ1v) is 21.8. The fourth-order valence-electron chi connectivity index (χ4n) is 7.01. The van der Waals surface area contributed by atoms with Gasteiger partial charge in [-0.05, 0) is 89.8 Å². The molecule has 1 aromatic rings. The summed E-state index contributed by atoms with van der Waals surface area (Å²) >= 11 is 0. The molecule has 0 aromatic heterocycles. The average Bonchev–Trinajstić information content (AvgIpc) is 3.72. The number of ketones is 1. The summed E-state index contributed by atoms with van der Waals surface area (Å²) in [5.74, 6) is -8.45. The van der Waals surface area contributed by atoms with Gasteiger partial charge in [0, 0.05) is 19.4 Å². The van der Waals surface area contributed by atoms with Crippen LogP contribution >= 0.6 is 0 Å². The minimum atomic E-state index is -1.67. The number of benzene rings is 1. The largest absolute Gasteiger partial charge is 0.481 e. The topological polar surface area (TPSA) is 434 Å². The Bertz CT molecular complexity index is 1820. The Hall–Kier alpha value is -6.12. The molecule has 8 amide bonds. The van der Waals surface area contributed by atoms with Crippen LogP contribution in [0.2, 0.25) is 0 Å². The van der Waals surface area contributed by atoms with Gasteiger partial charge < -0.3 is 66.1 Å². The van der Waals surface area contributed by atoms with E-state index in [1.807, 2.05) is 0 Å². The smallest absolute Gasteiger partial charge is 0.303 e. The summed E-state index contributed by atoms with van der Waals surface area (Å²) < 4.78 is 0. The molecule has 1 aromatic carbocycles. The van der Waals surface area contributed by atoms with Gasteiger partial charge in [0.05, 0.1) is 12.5 Å². The Morgan fingerprint density at radius 1 is 0.682 bits per heavy atom. The van der Waals surface area contributed by atoms with E-state index in [4.69, 9.17) is 39.5 Å². The Kier molecular flexibility index (Phi) is 25.0. The molecule has 7 atom stereocenters. The first kappa shape index (κ1) is 56.0. The number of nitrogens with zero attached hydrogens (tertiary/aromatic N) is 1. The molecule has 66 heavy (non-hydrogen) atoms. The van der Waals surface area contributed by atoms with Gasteiger partial charge in [0.15, 0.2) is 5.78 Å². The van der Waals surface area contributed by atoms with Gasteiger partial charge >= 0.3 is 5.97 Å². The summed E-state index contributed by atoms with van der Waals surface area (Å²) in [6, 6.07) is 0.0605. The number of amides is 8. The zero-order valence-corrected chi connectivity index (χ0v) is 37.3. The molecule has 0 aliphatic carbocycles. The Morgan fingerprint density at radius 3 is 1.82 bits per heavy atom. The van der Waals surface area contributed by atoms with Crippen LogP contribution < -0.4 is 71.7 Å². The predicted molar refractivity (Wildman–Crippen MR) is 238 cm³/mol. The lowest BCUT2D eigenvalue weighted by Crippen LogP contribution is -2.61. The molecule has 25 heteroatoms. The van der Waals surface area contributed by atoms with Gasteiger partial charge in [0.2, 0.25) is 47.3 Å². The Morgan fingerprint density at radius 2 is 1.24 bits per heavy atom. The number of hydrogen-bond donors (Lipinski definition) is 14. The van der Waals surface area contributed by atoms with Gasteiger partial charge in [-0.2, -0.15) is 0 Å². The van der Waals surface area contributed by atoms with Crippen molar-refractivity contribution in [2.75, 3.05) is 19.6 Å². The van der Waals surface area contributed by atoms with E-state index >= 15 is 0 Å². The van der Waals surface area contributed by atoms with Crippen molar-refractivity contribution >= 4 is 59.0 Å². The van der Waals surface area contributed by atoms with Crippen LogP contribution in [0.5, 0.6) is 0 Å². The molecule has 1 fully saturated rings. The molecule has 20 N–H and O–H groups in total. The van der Waals surface area contributed by atoms with Crippen molar-refractivity contribution in [2.24, 2.45) is 34.4 Å². The molecule has 0 unspecified atom stereocenters. The molecular weight excluding hydrogens is 865 g/mol. The van der Waals surface area contributed by atoms with Gasteiger partial charge in [0.1, 0.15) is 42.5 Å². The van der Waals surface area contributed by atoms with Crippen LogP contribution in [0.3, 0.4) is 0 Å². The molecule has 1 heterocycles. The number of carboxylic acids is 1. The predicted octanol–water partition coefficient (Wildman–Crippen LogP) is -5.23. The molecular formula is C41H68N14O11. The molecule has 0 spiro atoms. The molecule has 1 saturated heterocycles. The van der Waals surface area contributed by atoms with Crippen LogP contribution in [0.15, 0.2) is 30.3 Å². The first-order chi connectivity index (χ1) is 31.2. The summed E-state index contributed by atoms with van der Waals surface area (Å²) in [6.07, 6.45) is -0.791. The monoisotopic (exact) mass is 933 g/mol. The lowest BCUT2D eigenvalue weighted by atomic mass is 10.0. The number of Topliss-reactive ketones (excluding diaryl/α,β-unsaturated/α-hetero) is 1. The molecule has 0 bridgehead atoms. The fourth-order valence-corrected chi connectivity index (χ4v) is 7.01. The molecule has 368 valence electrons. The van der Waals surface area contributed by atoms with Gasteiger partial charge in [-0.15, -0.1) is 0 Å². The van der Waals surface area contributed by atoms with Crippen molar-refractivity contribution in [2.45, 2.75) is 139 Å². The number of primary amides is 3. The summed E-state index contributed by atoms with van der Waals surface area (Å²) in [5, 5.41) is 26.1. The summed E-state index contributed by atoms with van der Waals surface area (Å²) in [4.78, 5) is 129. The number of nitrogens with two attached hydrogens (primary N) is 6. The highest BCUT2D eigenvalue weighted by atomic mass is 16.4. The van der Waals surface area contributed by atoms with Crippen molar-refractivity contribution in [3.05, 3.63) is 35.9 Å². The summed E-state index contributed by atoms with van der Waals surface area (Å²) in [5.41, 5.74) is 36.9. The molecule has 2 rings (SSSR count). The second-order valence-corrected chi connectivity index (χ2v) is 16.1. The molecule has 25 nitrogen and oxygen atoms in total. The van der Waals surface area contributed by atoms with Gasteiger partial charge in [-0.3, -0.25) is 53.3 Å². The second kappa shape index (κ2) is 29.4. The lowest BCUT2D eigenvalue weighted by molar-refractivity contribution is -0.138. The van der Waals surface area contributed by atoms with Crippen molar-refractivity contribution < 1.29 is 53.1 Å². The average molecular weight is 933 g/mol. The third kappa shape index (κ3) is 21.2.